The maximum absolute atomic E-state index is 5.67. The van der Waals surface area contributed by atoms with Crippen LogP contribution in [0.15, 0.2) is 24.3 Å². The second-order valence-corrected chi connectivity index (χ2v) is 5.53. The average Bonchev–Trinajstić information content (AvgIpc) is 2.30. The summed E-state index contributed by atoms with van der Waals surface area (Å²) in [5.74, 6) is 0.969. The van der Waals surface area contributed by atoms with Crippen molar-refractivity contribution in [2.24, 2.45) is 0 Å². The summed E-state index contributed by atoms with van der Waals surface area (Å²) in [6.45, 7) is 8.69. The molecule has 0 saturated carbocycles. The number of piperidine rings is 1. The normalized spacial score (nSPS) is 24.9. The molecule has 2 nitrogen and oxygen atoms in total. The van der Waals surface area contributed by atoms with Gasteiger partial charge in [0.25, 0.3) is 0 Å². The minimum absolute atomic E-state index is 0.243. The zero-order chi connectivity index (χ0) is 12.3. The summed E-state index contributed by atoms with van der Waals surface area (Å²) in [5.41, 5.74) is 1.70. The van der Waals surface area contributed by atoms with Gasteiger partial charge in [0.1, 0.15) is 5.75 Å². The predicted molar refractivity (Wildman–Crippen MR) is 71.7 cm³/mol. The molecule has 1 aliphatic rings. The SMILES string of the molecule is CC(C)Oc1ccc(C2(C)CCCNC2)cc1. The van der Waals surface area contributed by atoms with Gasteiger partial charge in [-0.2, -0.15) is 0 Å². The highest BCUT2D eigenvalue weighted by atomic mass is 16.5. The van der Waals surface area contributed by atoms with E-state index in [1.807, 2.05) is 0 Å². The van der Waals surface area contributed by atoms with E-state index in [-0.39, 0.29) is 11.5 Å². The summed E-state index contributed by atoms with van der Waals surface area (Å²) >= 11 is 0. The number of rotatable bonds is 3. The number of hydrogen-bond donors (Lipinski definition) is 1. The Morgan fingerprint density at radius 3 is 2.47 bits per heavy atom. The highest BCUT2D eigenvalue weighted by Gasteiger charge is 2.28. The Morgan fingerprint density at radius 2 is 1.94 bits per heavy atom. The fourth-order valence-electron chi connectivity index (χ4n) is 2.51. The summed E-state index contributed by atoms with van der Waals surface area (Å²) in [7, 11) is 0. The van der Waals surface area contributed by atoms with Gasteiger partial charge in [0.2, 0.25) is 0 Å². The van der Waals surface area contributed by atoms with Crippen LogP contribution in [0.3, 0.4) is 0 Å². The first-order valence-corrected chi connectivity index (χ1v) is 6.58. The first-order valence-electron chi connectivity index (χ1n) is 6.58. The molecule has 17 heavy (non-hydrogen) atoms. The summed E-state index contributed by atoms with van der Waals surface area (Å²) in [6.07, 6.45) is 2.78. The maximum atomic E-state index is 5.67. The molecule has 1 unspecified atom stereocenters. The molecule has 1 aliphatic heterocycles. The first-order chi connectivity index (χ1) is 8.10. The van der Waals surface area contributed by atoms with E-state index >= 15 is 0 Å². The molecule has 1 aromatic carbocycles. The van der Waals surface area contributed by atoms with Crippen molar-refractivity contribution >= 4 is 0 Å². The predicted octanol–water partition coefficient (Wildman–Crippen LogP) is 3.11. The van der Waals surface area contributed by atoms with Crippen LogP contribution in [0.1, 0.15) is 39.2 Å². The van der Waals surface area contributed by atoms with Crippen molar-refractivity contribution in [1.82, 2.24) is 5.32 Å². The third-order valence-electron chi connectivity index (χ3n) is 3.52. The molecule has 0 aromatic heterocycles. The van der Waals surface area contributed by atoms with E-state index in [2.05, 4.69) is 50.4 Å². The Balaban J connectivity index is 2.11. The summed E-state index contributed by atoms with van der Waals surface area (Å²) in [4.78, 5) is 0. The smallest absolute Gasteiger partial charge is 0.119 e. The molecular formula is C15H23NO. The van der Waals surface area contributed by atoms with E-state index in [1.54, 1.807) is 0 Å². The summed E-state index contributed by atoms with van der Waals surface area (Å²) in [5, 5.41) is 3.49. The third-order valence-corrected chi connectivity index (χ3v) is 3.52. The van der Waals surface area contributed by atoms with E-state index in [9.17, 15) is 0 Å². The lowest BCUT2D eigenvalue weighted by Crippen LogP contribution is -2.41. The van der Waals surface area contributed by atoms with Gasteiger partial charge in [-0.1, -0.05) is 19.1 Å². The van der Waals surface area contributed by atoms with Crippen molar-refractivity contribution in [2.45, 2.75) is 45.1 Å². The molecule has 1 atom stereocenters. The molecule has 2 rings (SSSR count). The largest absolute Gasteiger partial charge is 0.491 e. The fourth-order valence-corrected chi connectivity index (χ4v) is 2.51. The minimum Gasteiger partial charge on any atom is -0.491 e. The van der Waals surface area contributed by atoms with Crippen molar-refractivity contribution in [2.75, 3.05) is 13.1 Å². The molecule has 0 radical (unpaired) electrons. The lowest BCUT2D eigenvalue weighted by atomic mass is 9.76. The van der Waals surface area contributed by atoms with E-state index in [1.165, 1.54) is 18.4 Å². The molecule has 94 valence electrons. The van der Waals surface area contributed by atoms with Gasteiger partial charge in [0, 0.05) is 12.0 Å². The minimum atomic E-state index is 0.243. The van der Waals surface area contributed by atoms with Crippen LogP contribution in [0, 0.1) is 0 Å². The van der Waals surface area contributed by atoms with Crippen LogP contribution in [-0.4, -0.2) is 19.2 Å². The monoisotopic (exact) mass is 233 g/mol. The molecule has 1 N–H and O–H groups in total. The number of nitrogens with one attached hydrogen (secondary N) is 1. The van der Waals surface area contributed by atoms with Crippen LogP contribution in [0.5, 0.6) is 5.75 Å². The quantitative estimate of drug-likeness (QED) is 0.866. The van der Waals surface area contributed by atoms with Gasteiger partial charge in [0.05, 0.1) is 6.10 Å². The van der Waals surface area contributed by atoms with Crippen molar-refractivity contribution < 1.29 is 4.74 Å². The molecular weight excluding hydrogens is 210 g/mol. The van der Waals surface area contributed by atoms with Gasteiger partial charge < -0.3 is 10.1 Å². The highest BCUT2D eigenvalue weighted by molar-refractivity contribution is 5.32. The molecule has 1 heterocycles. The van der Waals surface area contributed by atoms with Crippen LogP contribution in [-0.2, 0) is 5.41 Å². The van der Waals surface area contributed by atoms with Crippen molar-refractivity contribution in [1.29, 1.82) is 0 Å². The van der Waals surface area contributed by atoms with Crippen LogP contribution < -0.4 is 10.1 Å². The Labute approximate surface area is 104 Å². The summed E-state index contributed by atoms with van der Waals surface area (Å²) in [6, 6.07) is 8.61. The maximum Gasteiger partial charge on any atom is 0.119 e. The molecule has 1 saturated heterocycles. The zero-order valence-electron chi connectivity index (χ0n) is 11.1. The molecule has 2 heteroatoms. The standard InChI is InChI=1S/C15H23NO/c1-12(2)17-14-7-5-13(6-8-14)15(3)9-4-10-16-11-15/h5-8,12,16H,4,9-11H2,1-3H3. The number of benzene rings is 1. The van der Waals surface area contributed by atoms with Crippen molar-refractivity contribution in [3.63, 3.8) is 0 Å². The Kier molecular flexibility index (Phi) is 3.72. The van der Waals surface area contributed by atoms with Gasteiger partial charge in [-0.15, -0.1) is 0 Å². The average molecular weight is 233 g/mol. The van der Waals surface area contributed by atoms with E-state index in [4.69, 9.17) is 4.74 Å². The van der Waals surface area contributed by atoms with E-state index < -0.39 is 0 Å². The Bertz CT molecular complexity index is 350. The van der Waals surface area contributed by atoms with Gasteiger partial charge in [-0.05, 0) is 50.9 Å². The second kappa shape index (κ2) is 5.09. The highest BCUT2D eigenvalue weighted by Crippen LogP contribution is 2.31. The number of hydrogen-bond acceptors (Lipinski definition) is 2. The third kappa shape index (κ3) is 3.01. The van der Waals surface area contributed by atoms with Crippen molar-refractivity contribution in [3.8, 4) is 5.75 Å². The van der Waals surface area contributed by atoms with E-state index in [0.29, 0.717) is 0 Å². The van der Waals surface area contributed by atoms with Crippen LogP contribution in [0.25, 0.3) is 0 Å². The second-order valence-electron chi connectivity index (χ2n) is 5.53. The first kappa shape index (κ1) is 12.4. The van der Waals surface area contributed by atoms with Crippen LogP contribution in [0.2, 0.25) is 0 Å². The molecule has 0 amide bonds. The topological polar surface area (TPSA) is 21.3 Å². The fraction of sp³-hybridized carbons (Fsp3) is 0.600. The zero-order valence-corrected chi connectivity index (χ0v) is 11.1. The van der Waals surface area contributed by atoms with Gasteiger partial charge >= 0.3 is 0 Å². The lowest BCUT2D eigenvalue weighted by Gasteiger charge is -2.34. The summed E-state index contributed by atoms with van der Waals surface area (Å²) < 4.78 is 5.67. The van der Waals surface area contributed by atoms with E-state index in [0.717, 1.165) is 18.8 Å². The molecule has 0 bridgehead atoms. The van der Waals surface area contributed by atoms with Crippen LogP contribution >= 0.6 is 0 Å². The van der Waals surface area contributed by atoms with Gasteiger partial charge in [-0.3, -0.25) is 0 Å². The van der Waals surface area contributed by atoms with Gasteiger partial charge in [0.15, 0.2) is 0 Å². The number of ether oxygens (including phenoxy) is 1. The Morgan fingerprint density at radius 1 is 1.24 bits per heavy atom. The van der Waals surface area contributed by atoms with Crippen molar-refractivity contribution in [3.05, 3.63) is 29.8 Å². The Hall–Kier alpha value is -1.02. The molecule has 1 aromatic rings. The molecule has 1 fully saturated rings. The molecule has 0 spiro atoms. The molecule has 0 aliphatic carbocycles. The lowest BCUT2D eigenvalue weighted by molar-refractivity contribution is 0.242. The van der Waals surface area contributed by atoms with Gasteiger partial charge in [-0.25, -0.2) is 0 Å². The van der Waals surface area contributed by atoms with Crippen LogP contribution in [0.4, 0.5) is 0 Å².